The fourth-order valence-corrected chi connectivity index (χ4v) is 0.827. The quantitative estimate of drug-likeness (QED) is 0.514. The maximum Gasteiger partial charge on any atom is 0.330 e. The van der Waals surface area contributed by atoms with Crippen molar-refractivity contribution in [2.75, 3.05) is 7.11 Å². The molecule has 0 saturated carbocycles. The Balaban J connectivity index is 2.73. The largest absolute Gasteiger partial charge is 0.466 e. The number of nitrogens with zero attached hydrogens (tertiary/aromatic N) is 2. The van der Waals surface area contributed by atoms with Crippen LogP contribution in [-0.2, 0) is 9.53 Å². The summed E-state index contributed by atoms with van der Waals surface area (Å²) in [5.41, 5.74) is 0.672. The predicted octanol–water partition coefficient (Wildman–Crippen LogP) is 0.729. The molecule has 0 fully saturated rings. The molecule has 0 aliphatic rings. The van der Waals surface area contributed by atoms with E-state index in [-0.39, 0.29) is 5.91 Å². The van der Waals surface area contributed by atoms with E-state index >= 15 is 0 Å². The zero-order valence-electron chi connectivity index (χ0n) is 7.93. The van der Waals surface area contributed by atoms with Crippen LogP contribution in [0.2, 0.25) is 0 Å². The first-order valence-electron chi connectivity index (χ1n) is 3.95. The number of hydrogen-bond acceptors (Lipinski definition) is 4. The Morgan fingerprint density at radius 2 is 2.29 bits per heavy atom. The molecule has 1 aromatic rings. The first-order chi connectivity index (χ1) is 6.63. The van der Waals surface area contributed by atoms with E-state index in [4.69, 9.17) is 0 Å². The maximum atomic E-state index is 10.8. The molecule has 1 aromatic heterocycles. The third-order valence-electron chi connectivity index (χ3n) is 1.54. The van der Waals surface area contributed by atoms with E-state index in [0.29, 0.717) is 5.56 Å². The number of hydrogen-bond donors (Lipinski definition) is 0. The Morgan fingerprint density at radius 1 is 1.57 bits per heavy atom. The van der Waals surface area contributed by atoms with Gasteiger partial charge in [-0.05, 0) is 6.08 Å². The van der Waals surface area contributed by atoms with Crippen molar-refractivity contribution in [3.8, 4) is 0 Å². The van der Waals surface area contributed by atoms with Crippen molar-refractivity contribution in [2.45, 2.75) is 6.92 Å². The van der Waals surface area contributed by atoms with Crippen molar-refractivity contribution in [1.82, 2.24) is 9.78 Å². The summed E-state index contributed by atoms with van der Waals surface area (Å²) in [5.74, 6) is -0.622. The van der Waals surface area contributed by atoms with Crippen LogP contribution in [0.3, 0.4) is 0 Å². The number of rotatable bonds is 2. The molecule has 5 nitrogen and oxygen atoms in total. The van der Waals surface area contributed by atoms with Gasteiger partial charge < -0.3 is 4.74 Å². The van der Waals surface area contributed by atoms with E-state index in [1.807, 2.05) is 0 Å². The molecule has 5 heteroatoms. The predicted molar refractivity (Wildman–Crippen MR) is 49.6 cm³/mol. The molecule has 0 unspecified atom stereocenters. The molecule has 0 saturated heterocycles. The summed E-state index contributed by atoms with van der Waals surface area (Å²) in [6.07, 6.45) is 5.81. The Hall–Kier alpha value is -1.91. The SMILES string of the molecule is COC(=O)C=Cc1cnn(C(C)=O)c1. The summed E-state index contributed by atoms with van der Waals surface area (Å²) in [7, 11) is 1.30. The minimum Gasteiger partial charge on any atom is -0.466 e. The minimum atomic E-state index is -0.444. The average molecular weight is 194 g/mol. The topological polar surface area (TPSA) is 61.2 Å². The van der Waals surface area contributed by atoms with Crippen molar-refractivity contribution >= 4 is 18.0 Å². The van der Waals surface area contributed by atoms with Crippen LogP contribution in [0.5, 0.6) is 0 Å². The second-order valence-electron chi connectivity index (χ2n) is 2.59. The van der Waals surface area contributed by atoms with Crippen molar-refractivity contribution in [2.24, 2.45) is 0 Å². The lowest BCUT2D eigenvalue weighted by Crippen LogP contribution is -2.04. The highest BCUT2D eigenvalue weighted by atomic mass is 16.5. The van der Waals surface area contributed by atoms with E-state index in [0.717, 1.165) is 0 Å². The minimum absolute atomic E-state index is 0.178. The molecule has 1 rings (SSSR count). The van der Waals surface area contributed by atoms with Gasteiger partial charge in [0.15, 0.2) is 0 Å². The molecule has 0 aliphatic carbocycles. The van der Waals surface area contributed by atoms with E-state index in [1.165, 1.54) is 43.3 Å². The molecule has 0 atom stereocenters. The number of aromatic nitrogens is 2. The van der Waals surface area contributed by atoms with Gasteiger partial charge in [0.25, 0.3) is 0 Å². The molecular weight excluding hydrogens is 184 g/mol. The van der Waals surface area contributed by atoms with Crippen LogP contribution in [0.4, 0.5) is 0 Å². The average Bonchev–Trinajstić information content (AvgIpc) is 2.62. The molecule has 0 bridgehead atoms. The second kappa shape index (κ2) is 4.36. The molecule has 0 spiro atoms. The van der Waals surface area contributed by atoms with Crippen LogP contribution in [-0.4, -0.2) is 28.8 Å². The summed E-state index contributed by atoms with van der Waals surface area (Å²) in [6, 6.07) is 0. The lowest BCUT2D eigenvalue weighted by atomic mass is 10.3. The van der Waals surface area contributed by atoms with Gasteiger partial charge in [-0.25, -0.2) is 9.48 Å². The third kappa shape index (κ3) is 2.55. The molecular formula is C9H10N2O3. The molecule has 0 N–H and O–H groups in total. The first-order valence-corrected chi connectivity index (χ1v) is 3.95. The van der Waals surface area contributed by atoms with Crippen molar-refractivity contribution < 1.29 is 14.3 Å². The maximum absolute atomic E-state index is 10.8. The number of carbonyl (C=O) groups excluding carboxylic acids is 2. The zero-order chi connectivity index (χ0) is 10.6. The standard InChI is InChI=1S/C9H10N2O3/c1-7(12)11-6-8(5-10-11)3-4-9(13)14-2/h3-6H,1-2H3. The lowest BCUT2D eigenvalue weighted by Gasteiger charge is -1.89. The molecule has 0 aliphatic heterocycles. The Kier molecular flexibility index (Phi) is 3.17. The van der Waals surface area contributed by atoms with Crippen LogP contribution in [0.25, 0.3) is 6.08 Å². The van der Waals surface area contributed by atoms with Gasteiger partial charge in [-0.15, -0.1) is 0 Å². The zero-order valence-corrected chi connectivity index (χ0v) is 7.93. The summed E-state index contributed by atoms with van der Waals surface area (Å²) in [4.78, 5) is 21.6. The Morgan fingerprint density at radius 3 is 2.79 bits per heavy atom. The summed E-state index contributed by atoms with van der Waals surface area (Å²) in [6.45, 7) is 1.40. The number of ether oxygens (including phenoxy) is 1. The summed E-state index contributed by atoms with van der Waals surface area (Å²) < 4.78 is 5.60. The van der Waals surface area contributed by atoms with Crippen LogP contribution in [0.1, 0.15) is 17.3 Å². The summed E-state index contributed by atoms with van der Waals surface area (Å²) in [5, 5.41) is 3.78. The van der Waals surface area contributed by atoms with Gasteiger partial charge in [0.1, 0.15) is 0 Å². The second-order valence-corrected chi connectivity index (χ2v) is 2.59. The van der Waals surface area contributed by atoms with Gasteiger partial charge in [0.05, 0.1) is 13.3 Å². The van der Waals surface area contributed by atoms with Crippen molar-refractivity contribution in [3.05, 3.63) is 24.0 Å². The highest BCUT2D eigenvalue weighted by Crippen LogP contribution is 2.00. The Bertz CT molecular complexity index is 379. The third-order valence-corrected chi connectivity index (χ3v) is 1.54. The van der Waals surface area contributed by atoms with Gasteiger partial charge in [0.2, 0.25) is 5.91 Å². The fourth-order valence-electron chi connectivity index (χ4n) is 0.827. The van der Waals surface area contributed by atoms with Crippen molar-refractivity contribution in [3.63, 3.8) is 0 Å². The highest BCUT2D eigenvalue weighted by molar-refractivity contribution is 5.87. The van der Waals surface area contributed by atoms with Gasteiger partial charge in [-0.3, -0.25) is 4.79 Å². The molecule has 0 aromatic carbocycles. The van der Waals surface area contributed by atoms with Crippen molar-refractivity contribution in [1.29, 1.82) is 0 Å². The number of carbonyl (C=O) groups is 2. The van der Waals surface area contributed by atoms with E-state index in [2.05, 4.69) is 9.84 Å². The van der Waals surface area contributed by atoms with E-state index < -0.39 is 5.97 Å². The van der Waals surface area contributed by atoms with Crippen LogP contribution < -0.4 is 0 Å². The molecule has 0 amide bonds. The van der Waals surface area contributed by atoms with Crippen LogP contribution in [0.15, 0.2) is 18.5 Å². The molecule has 74 valence electrons. The van der Waals surface area contributed by atoms with E-state index in [9.17, 15) is 9.59 Å². The number of esters is 1. The molecule has 1 heterocycles. The summed E-state index contributed by atoms with van der Waals surface area (Å²) >= 11 is 0. The van der Waals surface area contributed by atoms with Crippen LogP contribution in [0, 0.1) is 0 Å². The number of methoxy groups -OCH3 is 1. The Labute approximate surface area is 81.0 Å². The lowest BCUT2D eigenvalue weighted by molar-refractivity contribution is -0.134. The van der Waals surface area contributed by atoms with Gasteiger partial charge in [-0.1, -0.05) is 0 Å². The first kappa shape index (κ1) is 10.2. The highest BCUT2D eigenvalue weighted by Gasteiger charge is 1.99. The van der Waals surface area contributed by atoms with Gasteiger partial charge in [-0.2, -0.15) is 5.10 Å². The van der Waals surface area contributed by atoms with Gasteiger partial charge >= 0.3 is 5.97 Å². The monoisotopic (exact) mass is 194 g/mol. The molecule has 0 radical (unpaired) electrons. The van der Waals surface area contributed by atoms with Crippen LogP contribution >= 0.6 is 0 Å². The normalized spacial score (nSPS) is 10.4. The fraction of sp³-hybridized carbons (Fsp3) is 0.222. The molecule has 14 heavy (non-hydrogen) atoms. The smallest absolute Gasteiger partial charge is 0.330 e. The van der Waals surface area contributed by atoms with Gasteiger partial charge in [0, 0.05) is 24.8 Å². The van der Waals surface area contributed by atoms with E-state index in [1.54, 1.807) is 0 Å².